The number of aliphatic hydroxyl groups is 2. The van der Waals surface area contributed by atoms with Gasteiger partial charge in [0.15, 0.2) is 0 Å². The van der Waals surface area contributed by atoms with Crippen molar-refractivity contribution in [3.05, 3.63) is 35.4 Å². The van der Waals surface area contributed by atoms with Crippen LogP contribution in [-0.4, -0.2) is 35.5 Å². The van der Waals surface area contributed by atoms with Crippen LogP contribution in [0.25, 0.3) is 0 Å². The van der Waals surface area contributed by atoms with Crippen molar-refractivity contribution in [2.75, 3.05) is 13.2 Å². The highest BCUT2D eigenvalue weighted by atomic mass is 16.5. The quantitative estimate of drug-likeness (QED) is 0.710. The van der Waals surface area contributed by atoms with E-state index < -0.39 is 18.7 Å². The molecule has 0 bridgehead atoms. The molecule has 2 N–H and O–H groups in total. The van der Waals surface area contributed by atoms with Crippen LogP contribution in [0.4, 0.5) is 0 Å². The van der Waals surface area contributed by atoms with Crippen LogP contribution >= 0.6 is 0 Å². The van der Waals surface area contributed by atoms with Crippen molar-refractivity contribution >= 4 is 5.97 Å². The van der Waals surface area contributed by atoms with Crippen LogP contribution in [0.2, 0.25) is 0 Å². The molecule has 0 spiro atoms. The first kappa shape index (κ1) is 11.7. The summed E-state index contributed by atoms with van der Waals surface area (Å²) in [6, 6.07) is 7.03. The SMILES string of the molecule is Cc1ccccc1C(=O)OCC(O)CO. The molecule has 0 saturated heterocycles. The van der Waals surface area contributed by atoms with Crippen LogP contribution in [0.15, 0.2) is 24.3 Å². The number of carbonyl (C=O) groups is 1. The van der Waals surface area contributed by atoms with E-state index in [4.69, 9.17) is 14.9 Å². The molecule has 4 heteroatoms. The van der Waals surface area contributed by atoms with Gasteiger partial charge in [0, 0.05) is 0 Å². The molecule has 82 valence electrons. The van der Waals surface area contributed by atoms with Crippen molar-refractivity contribution in [2.24, 2.45) is 0 Å². The highest BCUT2D eigenvalue weighted by Crippen LogP contribution is 2.08. The van der Waals surface area contributed by atoms with Crippen LogP contribution in [0.3, 0.4) is 0 Å². The van der Waals surface area contributed by atoms with Crippen molar-refractivity contribution < 1.29 is 19.7 Å². The lowest BCUT2D eigenvalue weighted by molar-refractivity contribution is 0.00927. The van der Waals surface area contributed by atoms with E-state index in [2.05, 4.69) is 0 Å². The lowest BCUT2D eigenvalue weighted by Gasteiger charge is -2.09. The Bertz CT molecular complexity index is 335. The molecule has 0 aliphatic heterocycles. The Morgan fingerprint density at radius 3 is 2.73 bits per heavy atom. The highest BCUT2D eigenvalue weighted by Gasteiger charge is 2.11. The van der Waals surface area contributed by atoms with E-state index >= 15 is 0 Å². The predicted molar refractivity (Wildman–Crippen MR) is 54.6 cm³/mol. The third-order valence-corrected chi connectivity index (χ3v) is 1.98. The van der Waals surface area contributed by atoms with Gasteiger partial charge in [-0.05, 0) is 18.6 Å². The molecule has 0 saturated carbocycles. The zero-order valence-electron chi connectivity index (χ0n) is 8.51. The largest absolute Gasteiger partial charge is 0.459 e. The molecule has 1 atom stereocenters. The molecule has 0 fully saturated rings. The molecule has 1 aromatic carbocycles. The summed E-state index contributed by atoms with van der Waals surface area (Å²) < 4.78 is 4.81. The van der Waals surface area contributed by atoms with Crippen molar-refractivity contribution in [1.29, 1.82) is 0 Å². The molecule has 0 aromatic heterocycles. The summed E-state index contributed by atoms with van der Waals surface area (Å²) in [6.07, 6.45) is -1.02. The third kappa shape index (κ3) is 3.34. The van der Waals surface area contributed by atoms with E-state index in [1.807, 2.05) is 6.07 Å². The Morgan fingerprint density at radius 1 is 1.47 bits per heavy atom. The molecule has 0 radical (unpaired) electrons. The maximum atomic E-state index is 11.5. The monoisotopic (exact) mass is 210 g/mol. The third-order valence-electron chi connectivity index (χ3n) is 1.98. The summed E-state index contributed by atoms with van der Waals surface area (Å²) in [5.41, 5.74) is 1.30. The van der Waals surface area contributed by atoms with Gasteiger partial charge in [-0.3, -0.25) is 0 Å². The average molecular weight is 210 g/mol. The van der Waals surface area contributed by atoms with Crippen molar-refractivity contribution in [2.45, 2.75) is 13.0 Å². The van der Waals surface area contributed by atoms with Gasteiger partial charge in [-0.2, -0.15) is 0 Å². The number of hydrogen-bond donors (Lipinski definition) is 2. The molecule has 1 aromatic rings. The van der Waals surface area contributed by atoms with Crippen molar-refractivity contribution in [1.82, 2.24) is 0 Å². The minimum absolute atomic E-state index is 0.191. The number of carbonyl (C=O) groups excluding carboxylic acids is 1. The zero-order valence-corrected chi connectivity index (χ0v) is 8.51. The first-order chi connectivity index (χ1) is 7.15. The predicted octanol–water partition coefficient (Wildman–Crippen LogP) is 0.505. The first-order valence-electron chi connectivity index (χ1n) is 4.67. The Hall–Kier alpha value is -1.39. The van der Waals surface area contributed by atoms with Crippen LogP contribution in [0, 0.1) is 6.92 Å². The highest BCUT2D eigenvalue weighted by molar-refractivity contribution is 5.90. The van der Waals surface area contributed by atoms with Crippen LogP contribution in [0.5, 0.6) is 0 Å². The fourth-order valence-corrected chi connectivity index (χ4v) is 1.10. The van der Waals surface area contributed by atoms with Gasteiger partial charge in [0.25, 0.3) is 0 Å². The number of esters is 1. The molecule has 0 amide bonds. The lowest BCUT2D eigenvalue weighted by atomic mass is 10.1. The van der Waals surface area contributed by atoms with Crippen molar-refractivity contribution in [3.8, 4) is 0 Å². The molecule has 0 aliphatic carbocycles. The Morgan fingerprint density at radius 2 is 2.13 bits per heavy atom. The summed E-state index contributed by atoms with van der Waals surface area (Å²) in [4.78, 5) is 11.5. The second-order valence-electron chi connectivity index (χ2n) is 3.25. The number of aliphatic hydroxyl groups excluding tert-OH is 2. The molecule has 4 nitrogen and oxygen atoms in total. The summed E-state index contributed by atoms with van der Waals surface area (Å²) >= 11 is 0. The summed E-state index contributed by atoms with van der Waals surface area (Å²) in [6.45, 7) is 1.20. The van der Waals surface area contributed by atoms with E-state index in [1.54, 1.807) is 25.1 Å². The normalized spacial score (nSPS) is 12.2. The van der Waals surface area contributed by atoms with Crippen LogP contribution < -0.4 is 0 Å². The number of aryl methyl sites for hydroxylation is 1. The average Bonchev–Trinajstić information content (AvgIpc) is 2.26. The molecular formula is C11H14O4. The summed E-state index contributed by atoms with van der Waals surface area (Å²) in [7, 11) is 0. The Balaban J connectivity index is 2.58. The van der Waals surface area contributed by atoms with E-state index in [-0.39, 0.29) is 6.61 Å². The van der Waals surface area contributed by atoms with Gasteiger partial charge in [0.1, 0.15) is 12.7 Å². The van der Waals surface area contributed by atoms with Gasteiger partial charge in [-0.1, -0.05) is 18.2 Å². The van der Waals surface area contributed by atoms with Gasteiger partial charge in [0.05, 0.1) is 12.2 Å². The number of benzene rings is 1. The van der Waals surface area contributed by atoms with Gasteiger partial charge < -0.3 is 14.9 Å². The fourth-order valence-electron chi connectivity index (χ4n) is 1.10. The zero-order chi connectivity index (χ0) is 11.3. The minimum Gasteiger partial charge on any atom is -0.459 e. The van der Waals surface area contributed by atoms with Crippen molar-refractivity contribution in [3.63, 3.8) is 0 Å². The minimum atomic E-state index is -1.02. The second kappa shape index (κ2) is 5.48. The lowest BCUT2D eigenvalue weighted by Crippen LogP contribution is -2.22. The van der Waals surface area contributed by atoms with Gasteiger partial charge in [-0.25, -0.2) is 4.79 Å². The molecule has 15 heavy (non-hydrogen) atoms. The standard InChI is InChI=1S/C11H14O4/c1-8-4-2-3-5-10(8)11(14)15-7-9(13)6-12/h2-5,9,12-13H,6-7H2,1H3. The number of hydrogen-bond acceptors (Lipinski definition) is 4. The number of ether oxygens (including phenoxy) is 1. The summed E-state index contributed by atoms with van der Waals surface area (Å²) in [5.74, 6) is -0.486. The topological polar surface area (TPSA) is 66.8 Å². The summed E-state index contributed by atoms with van der Waals surface area (Å²) in [5, 5.41) is 17.5. The van der Waals surface area contributed by atoms with E-state index in [9.17, 15) is 4.79 Å². The van der Waals surface area contributed by atoms with Gasteiger partial charge in [0.2, 0.25) is 0 Å². The molecule has 1 unspecified atom stereocenters. The molecule has 1 rings (SSSR count). The first-order valence-corrected chi connectivity index (χ1v) is 4.67. The van der Waals surface area contributed by atoms with Crippen LogP contribution in [0.1, 0.15) is 15.9 Å². The van der Waals surface area contributed by atoms with E-state index in [0.29, 0.717) is 5.56 Å². The van der Waals surface area contributed by atoms with Gasteiger partial charge in [-0.15, -0.1) is 0 Å². The van der Waals surface area contributed by atoms with Crippen LogP contribution in [-0.2, 0) is 4.74 Å². The Kier molecular flexibility index (Phi) is 4.27. The fraction of sp³-hybridized carbons (Fsp3) is 0.364. The van der Waals surface area contributed by atoms with Gasteiger partial charge >= 0.3 is 5.97 Å². The molecule has 0 heterocycles. The maximum Gasteiger partial charge on any atom is 0.338 e. The molecular weight excluding hydrogens is 196 g/mol. The van der Waals surface area contributed by atoms with E-state index in [1.165, 1.54) is 0 Å². The maximum absolute atomic E-state index is 11.5. The molecule has 0 aliphatic rings. The smallest absolute Gasteiger partial charge is 0.338 e. The number of rotatable bonds is 4. The van der Waals surface area contributed by atoms with E-state index in [0.717, 1.165) is 5.56 Å². The Labute approximate surface area is 88.1 Å². The second-order valence-corrected chi connectivity index (χ2v) is 3.25.